The maximum atomic E-state index is 13.4. The van der Waals surface area contributed by atoms with Crippen molar-refractivity contribution in [1.29, 1.82) is 0 Å². The molecule has 3 aromatic rings. The number of hydrogen-bond donors (Lipinski definition) is 1. The van der Waals surface area contributed by atoms with Gasteiger partial charge in [-0.1, -0.05) is 26.0 Å². The second-order valence-corrected chi connectivity index (χ2v) is 8.64. The number of halogens is 3. The molecule has 2 aromatic heterocycles. The van der Waals surface area contributed by atoms with Crippen LogP contribution < -0.4 is 16.0 Å². The van der Waals surface area contributed by atoms with Crippen molar-refractivity contribution in [3.8, 4) is 5.75 Å². The highest BCUT2D eigenvalue weighted by molar-refractivity contribution is 5.79. The Bertz CT molecular complexity index is 1280. The molecular weight excluding hydrogens is 451 g/mol. The number of aryl methyl sites for hydroxylation is 2. The lowest BCUT2D eigenvalue weighted by molar-refractivity contribution is -0.274. The van der Waals surface area contributed by atoms with Crippen LogP contribution in [0.4, 0.5) is 13.2 Å². The highest BCUT2D eigenvalue weighted by Crippen LogP contribution is 2.26. The quantitative estimate of drug-likeness (QED) is 0.507. The van der Waals surface area contributed by atoms with Crippen LogP contribution in [0.15, 0.2) is 40.1 Å². The minimum Gasteiger partial charge on any atom is -0.406 e. The summed E-state index contributed by atoms with van der Waals surface area (Å²) in [6.07, 6.45) is -1.42. The third kappa shape index (κ3) is 5.85. The van der Waals surface area contributed by atoms with Crippen LogP contribution in [0, 0.1) is 5.92 Å². The second kappa shape index (κ2) is 10.4. The molecular formula is C24H28F3N3O4. The molecule has 7 nitrogen and oxygen atoms in total. The molecule has 0 bridgehead atoms. The molecule has 184 valence electrons. The number of pyridine rings is 1. The number of benzene rings is 1. The number of nitrogens with zero attached hydrogens (tertiary/aromatic N) is 3. The van der Waals surface area contributed by atoms with Crippen LogP contribution in [0.2, 0.25) is 0 Å². The van der Waals surface area contributed by atoms with Gasteiger partial charge in [-0.15, -0.1) is 13.2 Å². The topological polar surface area (TPSA) is 86.3 Å². The lowest BCUT2D eigenvalue weighted by atomic mass is 9.94. The normalized spacial score (nSPS) is 12.0. The smallest absolute Gasteiger partial charge is 0.406 e. The largest absolute Gasteiger partial charge is 0.573 e. The second-order valence-electron chi connectivity index (χ2n) is 8.64. The fourth-order valence-electron chi connectivity index (χ4n) is 3.92. The maximum absolute atomic E-state index is 13.4. The number of aliphatic hydroxyl groups is 1. The van der Waals surface area contributed by atoms with E-state index in [0.717, 1.165) is 16.6 Å². The first kappa shape index (κ1) is 25.5. The lowest BCUT2D eigenvalue weighted by Crippen LogP contribution is -2.40. The molecule has 0 amide bonds. The SMILES string of the molecule is CC(C)CCc1c(Cc2cccc(OC(F)(F)F)c2)cnc2c1c(=O)n(CCCO)c(=O)n2C. The van der Waals surface area contributed by atoms with Crippen molar-refractivity contribution in [1.82, 2.24) is 14.1 Å². The molecule has 34 heavy (non-hydrogen) atoms. The molecule has 0 saturated carbocycles. The van der Waals surface area contributed by atoms with E-state index in [1.54, 1.807) is 12.3 Å². The Kier molecular flexibility index (Phi) is 7.81. The lowest BCUT2D eigenvalue weighted by Gasteiger charge is -2.17. The van der Waals surface area contributed by atoms with Crippen molar-refractivity contribution in [3.63, 3.8) is 0 Å². The maximum Gasteiger partial charge on any atom is 0.573 e. The van der Waals surface area contributed by atoms with E-state index in [1.165, 1.54) is 29.8 Å². The predicted octanol–water partition coefficient (Wildman–Crippen LogP) is 3.56. The molecule has 0 saturated heterocycles. The number of aromatic nitrogens is 3. The zero-order valence-electron chi connectivity index (χ0n) is 19.4. The van der Waals surface area contributed by atoms with Gasteiger partial charge in [0.05, 0.1) is 5.39 Å². The molecule has 1 aromatic carbocycles. The van der Waals surface area contributed by atoms with Crippen LogP contribution in [0.1, 0.15) is 43.4 Å². The molecule has 1 N–H and O–H groups in total. The van der Waals surface area contributed by atoms with E-state index in [4.69, 9.17) is 0 Å². The Balaban J connectivity index is 2.17. The summed E-state index contributed by atoms with van der Waals surface area (Å²) in [6.45, 7) is 4.01. The van der Waals surface area contributed by atoms with Gasteiger partial charge in [0.1, 0.15) is 11.4 Å². The van der Waals surface area contributed by atoms with E-state index < -0.39 is 17.6 Å². The number of fused-ring (bicyclic) bond motifs is 1. The van der Waals surface area contributed by atoms with E-state index >= 15 is 0 Å². The third-order valence-corrected chi connectivity index (χ3v) is 5.59. The van der Waals surface area contributed by atoms with Gasteiger partial charge in [-0.2, -0.15) is 0 Å². The zero-order chi connectivity index (χ0) is 25.0. The standard InChI is InChI=1S/C24H28F3N3O4/c1-15(2)8-9-19-17(12-16-6-4-7-18(13-16)34-24(25,26)27)14-28-21-20(19)22(32)30(10-5-11-31)23(33)29(21)3/h4,6-7,13-15,31H,5,8-12H2,1-3H3. The van der Waals surface area contributed by atoms with Crippen LogP contribution in [-0.4, -0.2) is 32.2 Å². The van der Waals surface area contributed by atoms with Crippen LogP contribution in [0.3, 0.4) is 0 Å². The van der Waals surface area contributed by atoms with Crippen molar-refractivity contribution in [2.75, 3.05) is 6.61 Å². The highest BCUT2D eigenvalue weighted by Gasteiger charge is 2.31. The molecule has 0 radical (unpaired) electrons. The minimum atomic E-state index is -4.80. The average molecular weight is 479 g/mol. The number of alkyl halides is 3. The molecule has 0 spiro atoms. The summed E-state index contributed by atoms with van der Waals surface area (Å²) in [5.41, 5.74) is 1.25. The molecule has 2 heterocycles. The Hall–Kier alpha value is -3.14. The van der Waals surface area contributed by atoms with Gasteiger partial charge in [0.2, 0.25) is 0 Å². The molecule has 0 aliphatic rings. The highest BCUT2D eigenvalue weighted by atomic mass is 19.4. The van der Waals surface area contributed by atoms with Crippen LogP contribution in [0.25, 0.3) is 11.0 Å². The van der Waals surface area contributed by atoms with E-state index in [2.05, 4.69) is 23.6 Å². The number of ether oxygens (including phenoxy) is 1. The van der Waals surface area contributed by atoms with Gasteiger partial charge in [0, 0.05) is 26.4 Å². The average Bonchev–Trinajstić information content (AvgIpc) is 2.75. The summed E-state index contributed by atoms with van der Waals surface area (Å²) in [5, 5.41) is 9.50. The monoisotopic (exact) mass is 479 g/mol. The van der Waals surface area contributed by atoms with Crippen LogP contribution in [-0.2, 0) is 26.4 Å². The molecule has 0 unspecified atom stereocenters. The molecule has 10 heteroatoms. The number of aliphatic hydroxyl groups excluding tert-OH is 1. The van der Waals surface area contributed by atoms with Crippen LogP contribution >= 0.6 is 0 Å². The fourth-order valence-corrected chi connectivity index (χ4v) is 3.92. The summed E-state index contributed by atoms with van der Waals surface area (Å²) in [6, 6.07) is 5.69. The Morgan fingerprint density at radius 2 is 1.94 bits per heavy atom. The summed E-state index contributed by atoms with van der Waals surface area (Å²) >= 11 is 0. The number of rotatable bonds is 9. The van der Waals surface area contributed by atoms with Gasteiger partial charge in [-0.05, 0) is 60.4 Å². The molecule has 0 aliphatic heterocycles. The number of hydrogen-bond acceptors (Lipinski definition) is 5. The van der Waals surface area contributed by atoms with E-state index in [1.807, 2.05) is 0 Å². The Morgan fingerprint density at radius 3 is 2.59 bits per heavy atom. The summed E-state index contributed by atoms with van der Waals surface area (Å²) in [7, 11) is 1.54. The first-order valence-electron chi connectivity index (χ1n) is 11.1. The van der Waals surface area contributed by atoms with Gasteiger partial charge in [0.25, 0.3) is 5.56 Å². The van der Waals surface area contributed by atoms with Crippen molar-refractivity contribution < 1.29 is 23.0 Å². The summed E-state index contributed by atoms with van der Waals surface area (Å²) in [5.74, 6) is 0.0139. The summed E-state index contributed by atoms with van der Waals surface area (Å²) in [4.78, 5) is 30.5. The van der Waals surface area contributed by atoms with Gasteiger partial charge in [-0.3, -0.25) is 13.9 Å². The van der Waals surface area contributed by atoms with Crippen molar-refractivity contribution >= 4 is 11.0 Å². The third-order valence-electron chi connectivity index (χ3n) is 5.59. The van der Waals surface area contributed by atoms with Gasteiger partial charge < -0.3 is 9.84 Å². The van der Waals surface area contributed by atoms with Gasteiger partial charge in [-0.25, -0.2) is 9.78 Å². The Labute approximate surface area is 194 Å². The van der Waals surface area contributed by atoms with E-state index in [-0.39, 0.29) is 37.4 Å². The van der Waals surface area contributed by atoms with E-state index in [9.17, 15) is 27.9 Å². The first-order valence-corrected chi connectivity index (χ1v) is 11.1. The zero-order valence-corrected chi connectivity index (χ0v) is 19.4. The molecule has 3 rings (SSSR count). The predicted molar refractivity (Wildman–Crippen MR) is 122 cm³/mol. The van der Waals surface area contributed by atoms with Crippen LogP contribution in [0.5, 0.6) is 5.75 Å². The minimum absolute atomic E-state index is 0.0720. The van der Waals surface area contributed by atoms with Gasteiger partial charge in [0.15, 0.2) is 0 Å². The fraction of sp³-hybridized carbons (Fsp3) is 0.458. The molecule has 0 atom stereocenters. The molecule has 0 fully saturated rings. The Morgan fingerprint density at radius 1 is 1.21 bits per heavy atom. The summed E-state index contributed by atoms with van der Waals surface area (Å²) < 4.78 is 44.4. The van der Waals surface area contributed by atoms with E-state index in [0.29, 0.717) is 28.9 Å². The van der Waals surface area contributed by atoms with Crippen molar-refractivity contribution in [3.05, 3.63) is 68.0 Å². The van der Waals surface area contributed by atoms with Gasteiger partial charge >= 0.3 is 12.1 Å². The van der Waals surface area contributed by atoms with Crippen molar-refractivity contribution in [2.24, 2.45) is 13.0 Å². The molecule has 0 aliphatic carbocycles. The first-order chi connectivity index (χ1) is 16.0. The van der Waals surface area contributed by atoms with Crippen molar-refractivity contribution in [2.45, 2.75) is 52.4 Å².